The number of benzene rings is 1. The number of hydrogen-bond donors (Lipinski definition) is 1. The quantitative estimate of drug-likeness (QED) is 0.590. The molecule has 5 nitrogen and oxygen atoms in total. The normalized spacial score (nSPS) is 15.0. The maximum atomic E-state index is 11.8. The van der Waals surface area contributed by atoms with Crippen molar-refractivity contribution in [1.82, 2.24) is 10.2 Å². The first kappa shape index (κ1) is 17.3. The molecule has 0 aliphatic carbocycles. The highest BCUT2D eigenvalue weighted by molar-refractivity contribution is 5.91. The van der Waals surface area contributed by atoms with Gasteiger partial charge in [-0.25, -0.2) is 0 Å². The Bertz CT molecular complexity index is 537. The summed E-state index contributed by atoms with van der Waals surface area (Å²) in [6, 6.07) is 5.56. The van der Waals surface area contributed by atoms with E-state index in [1.165, 1.54) is 25.9 Å². The number of nitrogens with zero attached hydrogens (tertiary/aromatic N) is 1. The van der Waals surface area contributed by atoms with E-state index < -0.39 is 0 Å². The molecule has 1 fully saturated rings. The molecule has 1 N–H and O–H groups in total. The molecule has 0 atom stereocenters. The van der Waals surface area contributed by atoms with E-state index in [1.807, 2.05) is 18.2 Å². The van der Waals surface area contributed by atoms with Gasteiger partial charge in [-0.15, -0.1) is 0 Å². The number of hydrogen-bond acceptors (Lipinski definition) is 4. The molecule has 0 unspecified atom stereocenters. The molecule has 0 aromatic heterocycles. The highest BCUT2D eigenvalue weighted by Gasteiger charge is 2.10. The Morgan fingerprint density at radius 3 is 2.65 bits per heavy atom. The second-order valence-corrected chi connectivity index (χ2v) is 5.64. The number of carbonyl (C=O) groups is 1. The van der Waals surface area contributed by atoms with Crippen LogP contribution in [0.4, 0.5) is 0 Å². The zero-order valence-corrected chi connectivity index (χ0v) is 14.0. The van der Waals surface area contributed by atoms with Crippen LogP contribution in [0.15, 0.2) is 24.3 Å². The van der Waals surface area contributed by atoms with Crippen LogP contribution >= 0.6 is 0 Å². The lowest BCUT2D eigenvalue weighted by molar-refractivity contribution is -0.116. The predicted molar refractivity (Wildman–Crippen MR) is 91.9 cm³/mol. The molecule has 1 aliphatic rings. The third kappa shape index (κ3) is 5.60. The van der Waals surface area contributed by atoms with Crippen LogP contribution in [0.2, 0.25) is 0 Å². The van der Waals surface area contributed by atoms with Crippen molar-refractivity contribution in [2.45, 2.75) is 19.3 Å². The van der Waals surface area contributed by atoms with Crippen molar-refractivity contribution in [2.75, 3.05) is 40.4 Å². The zero-order valence-electron chi connectivity index (χ0n) is 14.0. The summed E-state index contributed by atoms with van der Waals surface area (Å²) in [5.41, 5.74) is 0.898. The summed E-state index contributed by atoms with van der Waals surface area (Å²) < 4.78 is 10.4. The summed E-state index contributed by atoms with van der Waals surface area (Å²) in [7, 11) is 3.20. The summed E-state index contributed by atoms with van der Waals surface area (Å²) in [6.45, 7) is 4.19. The molecule has 5 heteroatoms. The Balaban J connectivity index is 1.74. The van der Waals surface area contributed by atoms with Gasteiger partial charge >= 0.3 is 0 Å². The van der Waals surface area contributed by atoms with E-state index >= 15 is 0 Å². The molecule has 0 bridgehead atoms. The molecular formula is C18H26N2O3. The maximum absolute atomic E-state index is 11.8. The largest absolute Gasteiger partial charge is 0.493 e. The third-order valence-electron chi connectivity index (χ3n) is 3.98. The van der Waals surface area contributed by atoms with Crippen molar-refractivity contribution in [1.29, 1.82) is 0 Å². The molecule has 1 aromatic rings. The molecule has 23 heavy (non-hydrogen) atoms. The van der Waals surface area contributed by atoms with Gasteiger partial charge in [-0.3, -0.25) is 4.79 Å². The Morgan fingerprint density at radius 2 is 1.96 bits per heavy atom. The van der Waals surface area contributed by atoms with Gasteiger partial charge in [0.1, 0.15) is 0 Å². The van der Waals surface area contributed by atoms with Crippen LogP contribution in [0.25, 0.3) is 6.08 Å². The number of methoxy groups -OCH3 is 2. The highest BCUT2D eigenvalue weighted by atomic mass is 16.5. The van der Waals surface area contributed by atoms with Crippen LogP contribution in [0.1, 0.15) is 24.8 Å². The van der Waals surface area contributed by atoms with Crippen molar-refractivity contribution in [3.05, 3.63) is 29.8 Å². The Morgan fingerprint density at radius 1 is 1.22 bits per heavy atom. The molecule has 126 valence electrons. The monoisotopic (exact) mass is 318 g/mol. The summed E-state index contributed by atoms with van der Waals surface area (Å²) >= 11 is 0. The topological polar surface area (TPSA) is 50.8 Å². The van der Waals surface area contributed by atoms with Gasteiger partial charge in [0.25, 0.3) is 0 Å². The van der Waals surface area contributed by atoms with E-state index in [4.69, 9.17) is 9.47 Å². The smallest absolute Gasteiger partial charge is 0.243 e. The van der Waals surface area contributed by atoms with Crippen molar-refractivity contribution in [2.24, 2.45) is 0 Å². The minimum atomic E-state index is -0.0683. The molecule has 0 radical (unpaired) electrons. The van der Waals surface area contributed by atoms with E-state index in [-0.39, 0.29) is 5.91 Å². The van der Waals surface area contributed by atoms with E-state index in [0.29, 0.717) is 18.0 Å². The first-order valence-corrected chi connectivity index (χ1v) is 8.13. The minimum Gasteiger partial charge on any atom is -0.493 e. The molecule has 1 aliphatic heterocycles. The van der Waals surface area contributed by atoms with E-state index in [0.717, 1.165) is 18.5 Å². The third-order valence-corrected chi connectivity index (χ3v) is 3.98. The molecule has 0 saturated carbocycles. The predicted octanol–water partition coefficient (Wildman–Crippen LogP) is 2.32. The van der Waals surface area contributed by atoms with Crippen LogP contribution < -0.4 is 14.8 Å². The Kier molecular flexibility index (Phi) is 6.94. The van der Waals surface area contributed by atoms with E-state index in [1.54, 1.807) is 26.4 Å². The number of nitrogens with one attached hydrogen (secondary N) is 1. The van der Waals surface area contributed by atoms with Crippen molar-refractivity contribution in [3.8, 4) is 11.5 Å². The Hall–Kier alpha value is -2.01. The fourth-order valence-electron chi connectivity index (χ4n) is 2.71. The lowest BCUT2D eigenvalue weighted by atomic mass is 10.2. The summed E-state index contributed by atoms with van der Waals surface area (Å²) in [5.74, 6) is 1.26. The molecule has 2 rings (SSSR count). The molecular weight excluding hydrogens is 292 g/mol. The van der Waals surface area contributed by atoms with Gasteiger partial charge in [0.15, 0.2) is 11.5 Å². The number of amides is 1. The standard InChI is InChI=1S/C18H26N2O3/c1-22-16-8-6-15(14-17(16)23-2)7-9-18(21)19-10-5-13-20-11-3-4-12-20/h6-9,14H,3-5,10-13H2,1-2H3,(H,19,21)/b9-7+. The Labute approximate surface area is 138 Å². The molecule has 0 spiro atoms. The van der Waals surface area contributed by atoms with E-state index in [2.05, 4.69) is 10.2 Å². The van der Waals surface area contributed by atoms with Crippen molar-refractivity contribution >= 4 is 12.0 Å². The van der Waals surface area contributed by atoms with Gasteiger partial charge in [0.05, 0.1) is 14.2 Å². The van der Waals surface area contributed by atoms with Gasteiger partial charge in [0.2, 0.25) is 5.91 Å². The van der Waals surface area contributed by atoms with Gasteiger partial charge in [-0.05, 0) is 62.7 Å². The maximum Gasteiger partial charge on any atom is 0.243 e. The SMILES string of the molecule is COc1ccc(/C=C/C(=O)NCCCN2CCCC2)cc1OC. The lowest BCUT2D eigenvalue weighted by Gasteiger charge is -2.13. The summed E-state index contributed by atoms with van der Waals surface area (Å²) in [5, 5.41) is 2.92. The summed E-state index contributed by atoms with van der Waals surface area (Å²) in [4.78, 5) is 14.3. The average Bonchev–Trinajstić information content (AvgIpc) is 3.10. The molecule has 1 aromatic carbocycles. The second-order valence-electron chi connectivity index (χ2n) is 5.64. The van der Waals surface area contributed by atoms with Gasteiger partial charge in [-0.1, -0.05) is 6.07 Å². The lowest BCUT2D eigenvalue weighted by Crippen LogP contribution is -2.27. The van der Waals surface area contributed by atoms with Crippen LogP contribution in [0, 0.1) is 0 Å². The van der Waals surface area contributed by atoms with Crippen molar-refractivity contribution < 1.29 is 14.3 Å². The number of ether oxygens (including phenoxy) is 2. The summed E-state index contributed by atoms with van der Waals surface area (Å²) in [6.07, 6.45) is 6.94. The van der Waals surface area contributed by atoms with Crippen LogP contribution in [0.3, 0.4) is 0 Å². The molecule has 1 amide bonds. The fourth-order valence-corrected chi connectivity index (χ4v) is 2.71. The van der Waals surface area contributed by atoms with Crippen LogP contribution in [-0.2, 0) is 4.79 Å². The molecule has 1 heterocycles. The first-order valence-electron chi connectivity index (χ1n) is 8.13. The average molecular weight is 318 g/mol. The van der Waals surface area contributed by atoms with Crippen LogP contribution in [0.5, 0.6) is 11.5 Å². The zero-order chi connectivity index (χ0) is 16.5. The first-order chi connectivity index (χ1) is 11.2. The number of likely N-dealkylation sites (tertiary alicyclic amines) is 1. The highest BCUT2D eigenvalue weighted by Crippen LogP contribution is 2.27. The second kappa shape index (κ2) is 9.20. The van der Waals surface area contributed by atoms with Crippen LogP contribution in [-0.4, -0.2) is 51.2 Å². The minimum absolute atomic E-state index is 0.0683. The molecule has 1 saturated heterocycles. The number of rotatable bonds is 8. The number of carbonyl (C=O) groups excluding carboxylic acids is 1. The van der Waals surface area contributed by atoms with Gasteiger partial charge < -0.3 is 19.7 Å². The fraction of sp³-hybridized carbons (Fsp3) is 0.500. The van der Waals surface area contributed by atoms with Gasteiger partial charge in [0, 0.05) is 12.6 Å². The van der Waals surface area contributed by atoms with Crippen molar-refractivity contribution in [3.63, 3.8) is 0 Å². The van der Waals surface area contributed by atoms with E-state index in [9.17, 15) is 4.79 Å². The van der Waals surface area contributed by atoms with Gasteiger partial charge in [-0.2, -0.15) is 0 Å².